The van der Waals surface area contributed by atoms with E-state index in [9.17, 15) is 0 Å². The molecule has 1 aliphatic heterocycles. The highest BCUT2D eigenvalue weighted by molar-refractivity contribution is 8.14. The number of hydrogen-bond donors (Lipinski definition) is 1. The summed E-state index contributed by atoms with van der Waals surface area (Å²) >= 11 is 1.52. The van der Waals surface area contributed by atoms with Crippen molar-refractivity contribution in [1.82, 2.24) is 0 Å². The van der Waals surface area contributed by atoms with E-state index in [-0.39, 0.29) is 0 Å². The molecule has 0 unspecified atom stereocenters. The van der Waals surface area contributed by atoms with Gasteiger partial charge in [0.2, 0.25) is 0 Å². The van der Waals surface area contributed by atoms with E-state index in [0.29, 0.717) is 11.8 Å². The second-order valence-electron chi connectivity index (χ2n) is 3.80. The molecule has 0 aliphatic carbocycles. The number of ether oxygens (including phenoxy) is 1. The molecule has 2 rings (SSSR count). The summed E-state index contributed by atoms with van der Waals surface area (Å²) in [6.07, 6.45) is 0.789. The number of benzene rings is 1. The van der Waals surface area contributed by atoms with Gasteiger partial charge in [-0.3, -0.25) is 0 Å². The van der Waals surface area contributed by atoms with Gasteiger partial charge in [-0.25, -0.2) is 0 Å². The van der Waals surface area contributed by atoms with Gasteiger partial charge in [-0.15, -0.1) is 5.10 Å². The summed E-state index contributed by atoms with van der Waals surface area (Å²) in [5.74, 6) is 1.70. The van der Waals surface area contributed by atoms with Crippen LogP contribution in [0.5, 0.6) is 5.75 Å². The fourth-order valence-electron chi connectivity index (χ4n) is 1.38. The Morgan fingerprint density at radius 1 is 1.29 bits per heavy atom. The van der Waals surface area contributed by atoms with Crippen LogP contribution in [-0.2, 0) is 0 Å². The van der Waals surface area contributed by atoms with Gasteiger partial charge >= 0.3 is 0 Å². The van der Waals surface area contributed by atoms with Crippen LogP contribution in [-0.4, -0.2) is 23.2 Å². The zero-order valence-electron chi connectivity index (χ0n) is 9.72. The van der Waals surface area contributed by atoms with Crippen molar-refractivity contribution in [2.24, 2.45) is 15.9 Å². The van der Waals surface area contributed by atoms with Gasteiger partial charge in [-0.05, 0) is 19.1 Å². The molecule has 1 aromatic carbocycles. The Morgan fingerprint density at radius 3 is 2.71 bits per heavy atom. The molecule has 0 saturated heterocycles. The largest absolute Gasteiger partial charge is 0.493 e. The summed E-state index contributed by atoms with van der Waals surface area (Å²) < 4.78 is 5.62. The van der Waals surface area contributed by atoms with Crippen LogP contribution in [0.2, 0.25) is 0 Å². The number of thioether (sulfide) groups is 1. The first kappa shape index (κ1) is 12.0. The second-order valence-corrected chi connectivity index (χ2v) is 4.80. The van der Waals surface area contributed by atoms with Crippen LogP contribution in [0.25, 0.3) is 0 Å². The molecular weight excluding hydrogens is 234 g/mol. The van der Waals surface area contributed by atoms with E-state index in [1.807, 2.05) is 24.3 Å². The molecule has 0 saturated carbocycles. The number of amidine groups is 1. The Kier molecular flexibility index (Phi) is 4.03. The number of nitrogens with zero attached hydrogens (tertiary/aromatic N) is 2. The molecular formula is C12H15N3OS. The lowest BCUT2D eigenvalue weighted by molar-refractivity contribution is 0.329. The summed E-state index contributed by atoms with van der Waals surface area (Å²) in [5, 5.41) is 8.41. The summed E-state index contributed by atoms with van der Waals surface area (Å²) in [4.78, 5) is 0. The molecule has 4 nitrogen and oxygen atoms in total. The van der Waals surface area contributed by atoms with E-state index >= 15 is 0 Å². The van der Waals surface area contributed by atoms with Crippen molar-refractivity contribution in [3.05, 3.63) is 29.8 Å². The predicted octanol–water partition coefficient (Wildman–Crippen LogP) is 2.18. The number of nitrogens with two attached hydrogens (primary N) is 1. The number of aryl methyl sites for hydroxylation is 1. The molecule has 1 aliphatic rings. The average molecular weight is 249 g/mol. The zero-order chi connectivity index (χ0) is 12.1. The zero-order valence-corrected chi connectivity index (χ0v) is 10.5. The highest BCUT2D eigenvalue weighted by Gasteiger charge is 2.07. The highest BCUT2D eigenvalue weighted by atomic mass is 32.2. The SMILES string of the molecule is Cc1ccc(OCCC2=NN=C(N)SC2)cc1. The van der Waals surface area contributed by atoms with E-state index < -0.39 is 0 Å². The summed E-state index contributed by atoms with van der Waals surface area (Å²) in [5.41, 5.74) is 7.76. The van der Waals surface area contributed by atoms with Crippen LogP contribution in [0.15, 0.2) is 34.5 Å². The van der Waals surface area contributed by atoms with Gasteiger partial charge in [-0.1, -0.05) is 29.5 Å². The predicted molar refractivity (Wildman–Crippen MR) is 72.8 cm³/mol. The Bertz CT molecular complexity index is 440. The van der Waals surface area contributed by atoms with E-state index in [2.05, 4.69) is 17.1 Å². The molecule has 0 radical (unpaired) electrons. The summed E-state index contributed by atoms with van der Waals surface area (Å²) in [6.45, 7) is 2.68. The Balaban J connectivity index is 1.78. The van der Waals surface area contributed by atoms with E-state index in [1.54, 1.807) is 0 Å². The first-order chi connectivity index (χ1) is 8.24. The van der Waals surface area contributed by atoms with Gasteiger partial charge in [0.15, 0.2) is 5.17 Å². The molecule has 1 aromatic rings. The maximum absolute atomic E-state index is 5.62. The van der Waals surface area contributed by atoms with Crippen molar-refractivity contribution < 1.29 is 4.74 Å². The normalized spacial score (nSPS) is 15.1. The third-order valence-electron chi connectivity index (χ3n) is 2.36. The fraction of sp³-hybridized carbons (Fsp3) is 0.333. The van der Waals surface area contributed by atoms with Crippen LogP contribution >= 0.6 is 11.8 Å². The highest BCUT2D eigenvalue weighted by Crippen LogP contribution is 2.13. The Labute approximate surface area is 105 Å². The molecule has 0 bridgehead atoms. The maximum Gasteiger partial charge on any atom is 0.180 e. The Hall–Kier alpha value is -1.49. The average Bonchev–Trinajstić information content (AvgIpc) is 2.34. The van der Waals surface area contributed by atoms with Crippen LogP contribution in [0.3, 0.4) is 0 Å². The van der Waals surface area contributed by atoms with Crippen molar-refractivity contribution in [2.45, 2.75) is 13.3 Å². The minimum Gasteiger partial charge on any atom is -0.493 e. The minimum absolute atomic E-state index is 0.535. The Morgan fingerprint density at radius 2 is 2.06 bits per heavy atom. The molecule has 90 valence electrons. The van der Waals surface area contributed by atoms with Crippen LogP contribution < -0.4 is 10.5 Å². The van der Waals surface area contributed by atoms with Gasteiger partial charge in [0.05, 0.1) is 12.3 Å². The molecule has 1 heterocycles. The van der Waals surface area contributed by atoms with Crippen LogP contribution in [0, 0.1) is 6.92 Å². The van der Waals surface area contributed by atoms with Crippen molar-refractivity contribution >= 4 is 22.6 Å². The van der Waals surface area contributed by atoms with E-state index in [4.69, 9.17) is 10.5 Å². The maximum atomic E-state index is 5.62. The molecule has 17 heavy (non-hydrogen) atoms. The van der Waals surface area contributed by atoms with Crippen molar-refractivity contribution in [2.75, 3.05) is 12.4 Å². The van der Waals surface area contributed by atoms with Gasteiger partial charge in [-0.2, -0.15) is 5.10 Å². The van der Waals surface area contributed by atoms with Crippen LogP contribution in [0.1, 0.15) is 12.0 Å². The fourth-order valence-corrected chi connectivity index (χ4v) is 1.99. The molecule has 0 spiro atoms. The van der Waals surface area contributed by atoms with Gasteiger partial charge in [0.1, 0.15) is 5.75 Å². The molecule has 0 fully saturated rings. The number of hydrogen-bond acceptors (Lipinski definition) is 5. The lowest BCUT2D eigenvalue weighted by Gasteiger charge is -2.10. The van der Waals surface area contributed by atoms with E-state index in [1.165, 1.54) is 17.3 Å². The quantitative estimate of drug-likeness (QED) is 0.889. The lowest BCUT2D eigenvalue weighted by atomic mass is 10.2. The summed E-state index contributed by atoms with van der Waals surface area (Å²) in [6, 6.07) is 8.02. The van der Waals surface area contributed by atoms with Crippen molar-refractivity contribution in [1.29, 1.82) is 0 Å². The first-order valence-corrected chi connectivity index (χ1v) is 6.44. The molecule has 0 aromatic heterocycles. The molecule has 2 N–H and O–H groups in total. The molecule has 5 heteroatoms. The standard InChI is InChI=1S/C12H15N3OS/c1-9-2-4-11(5-3-9)16-7-6-10-8-17-12(13)15-14-10/h2-5H,6-8H2,1H3,(H2,13,15). The topological polar surface area (TPSA) is 60.0 Å². The third kappa shape index (κ3) is 3.78. The number of rotatable bonds is 4. The smallest absolute Gasteiger partial charge is 0.180 e. The third-order valence-corrected chi connectivity index (χ3v) is 3.21. The second kappa shape index (κ2) is 5.72. The van der Waals surface area contributed by atoms with Gasteiger partial charge in [0.25, 0.3) is 0 Å². The molecule has 0 amide bonds. The minimum atomic E-state index is 0.535. The molecule has 0 atom stereocenters. The van der Waals surface area contributed by atoms with E-state index in [0.717, 1.165) is 23.6 Å². The van der Waals surface area contributed by atoms with Gasteiger partial charge in [0, 0.05) is 12.2 Å². The lowest BCUT2D eigenvalue weighted by Crippen LogP contribution is -2.17. The monoisotopic (exact) mass is 249 g/mol. The van der Waals surface area contributed by atoms with Gasteiger partial charge < -0.3 is 10.5 Å². The first-order valence-electron chi connectivity index (χ1n) is 5.45. The van der Waals surface area contributed by atoms with Crippen LogP contribution in [0.4, 0.5) is 0 Å². The van der Waals surface area contributed by atoms with Crippen molar-refractivity contribution in [3.63, 3.8) is 0 Å². The summed E-state index contributed by atoms with van der Waals surface area (Å²) in [7, 11) is 0. The van der Waals surface area contributed by atoms with Crippen molar-refractivity contribution in [3.8, 4) is 5.75 Å².